The first-order valence-corrected chi connectivity index (χ1v) is 5.62. The number of carbonyl (C=O) groups is 2. The van der Waals surface area contributed by atoms with E-state index in [1.54, 1.807) is 30.5 Å². The lowest BCUT2D eigenvalue weighted by Crippen LogP contribution is -2.12. The van der Waals surface area contributed by atoms with Crippen LogP contribution in [0.15, 0.2) is 30.5 Å². The lowest BCUT2D eigenvalue weighted by Gasteiger charge is -2.02. The minimum atomic E-state index is -0.873. The first kappa shape index (κ1) is 13.5. The molecule has 1 amide bonds. The molecule has 0 aliphatic rings. The van der Waals surface area contributed by atoms with Gasteiger partial charge in [0.2, 0.25) is 0 Å². The molecule has 0 unspecified atom stereocenters. The summed E-state index contributed by atoms with van der Waals surface area (Å²) in [6.45, 7) is -0.0461. The maximum absolute atomic E-state index is 11.3. The summed E-state index contributed by atoms with van der Waals surface area (Å²) in [5.74, 6) is -0.411. The molecule has 8 heteroatoms. The second-order valence-electron chi connectivity index (χ2n) is 3.80. The number of nitrogens with zero attached hydrogens (tertiary/aromatic N) is 3. The summed E-state index contributed by atoms with van der Waals surface area (Å²) in [7, 11) is 1.32. The van der Waals surface area contributed by atoms with Gasteiger partial charge in [0.25, 0.3) is 0 Å². The first-order valence-electron chi connectivity index (χ1n) is 5.62. The summed E-state index contributed by atoms with van der Waals surface area (Å²) in [6.07, 6.45) is 0.720. The van der Waals surface area contributed by atoms with Gasteiger partial charge in [0.15, 0.2) is 0 Å². The Balaban J connectivity index is 2.11. The van der Waals surface area contributed by atoms with Crippen molar-refractivity contribution in [3.8, 4) is 5.69 Å². The minimum absolute atomic E-state index is 0.0461. The highest BCUT2D eigenvalue weighted by Crippen LogP contribution is 2.10. The van der Waals surface area contributed by atoms with Crippen LogP contribution in [0.4, 0.5) is 4.79 Å². The van der Waals surface area contributed by atoms with Crippen molar-refractivity contribution in [1.82, 2.24) is 15.0 Å². The molecule has 0 atom stereocenters. The van der Waals surface area contributed by atoms with Crippen molar-refractivity contribution in [3.63, 3.8) is 0 Å². The number of amides is 1. The van der Waals surface area contributed by atoms with Gasteiger partial charge in [-0.05, 0) is 24.3 Å². The minimum Gasteiger partial charge on any atom is -0.465 e. The number of rotatable bonds is 4. The van der Waals surface area contributed by atoms with Gasteiger partial charge in [0.1, 0.15) is 12.3 Å². The number of primary amides is 1. The number of hydrogen-bond donors (Lipinski definition) is 1. The lowest BCUT2D eigenvalue weighted by molar-refractivity contribution is 0.0600. The van der Waals surface area contributed by atoms with E-state index in [2.05, 4.69) is 19.8 Å². The van der Waals surface area contributed by atoms with Crippen LogP contribution in [0.3, 0.4) is 0 Å². The van der Waals surface area contributed by atoms with Gasteiger partial charge in [-0.1, -0.05) is 5.21 Å². The van der Waals surface area contributed by atoms with E-state index in [-0.39, 0.29) is 6.61 Å². The molecule has 2 aromatic rings. The van der Waals surface area contributed by atoms with Crippen LogP contribution in [0, 0.1) is 0 Å². The van der Waals surface area contributed by atoms with Crippen molar-refractivity contribution in [1.29, 1.82) is 0 Å². The number of ether oxygens (including phenoxy) is 2. The number of esters is 1. The highest BCUT2D eigenvalue weighted by Gasteiger charge is 2.07. The topological polar surface area (TPSA) is 109 Å². The first-order chi connectivity index (χ1) is 9.60. The molecule has 1 aromatic heterocycles. The average molecular weight is 276 g/mol. The fourth-order valence-electron chi connectivity index (χ4n) is 1.50. The van der Waals surface area contributed by atoms with Crippen LogP contribution in [-0.4, -0.2) is 34.2 Å². The number of carbonyl (C=O) groups excluding carboxylic acids is 2. The van der Waals surface area contributed by atoms with Crippen molar-refractivity contribution in [2.75, 3.05) is 7.11 Å². The molecular weight excluding hydrogens is 264 g/mol. The molecule has 0 saturated heterocycles. The van der Waals surface area contributed by atoms with E-state index >= 15 is 0 Å². The number of methoxy groups -OCH3 is 1. The van der Waals surface area contributed by atoms with Gasteiger partial charge >= 0.3 is 12.1 Å². The van der Waals surface area contributed by atoms with E-state index < -0.39 is 12.1 Å². The molecule has 0 bridgehead atoms. The molecule has 0 spiro atoms. The molecule has 2 N–H and O–H groups in total. The van der Waals surface area contributed by atoms with Gasteiger partial charge in [-0.3, -0.25) is 0 Å². The Kier molecular flexibility index (Phi) is 3.94. The van der Waals surface area contributed by atoms with Crippen molar-refractivity contribution in [2.24, 2.45) is 5.73 Å². The van der Waals surface area contributed by atoms with E-state index in [1.165, 1.54) is 11.8 Å². The predicted molar refractivity (Wildman–Crippen MR) is 67.1 cm³/mol. The second kappa shape index (κ2) is 5.83. The molecule has 0 aliphatic heterocycles. The summed E-state index contributed by atoms with van der Waals surface area (Å²) in [6, 6.07) is 6.62. The Bertz CT molecular complexity index is 621. The van der Waals surface area contributed by atoms with Crippen LogP contribution in [-0.2, 0) is 16.1 Å². The quantitative estimate of drug-likeness (QED) is 0.821. The molecule has 0 aliphatic carbocycles. The molecule has 1 heterocycles. The number of nitrogens with two attached hydrogens (primary N) is 1. The summed E-state index contributed by atoms with van der Waals surface area (Å²) in [5.41, 5.74) is 6.46. The number of hydrogen-bond acceptors (Lipinski definition) is 6. The van der Waals surface area contributed by atoms with Gasteiger partial charge in [-0.15, -0.1) is 5.10 Å². The zero-order chi connectivity index (χ0) is 14.5. The third-order valence-electron chi connectivity index (χ3n) is 2.46. The van der Waals surface area contributed by atoms with Gasteiger partial charge in [0, 0.05) is 0 Å². The maximum Gasteiger partial charge on any atom is 0.404 e. The van der Waals surface area contributed by atoms with Crippen molar-refractivity contribution in [2.45, 2.75) is 6.61 Å². The predicted octanol–water partition coefficient (Wildman–Crippen LogP) is 0.649. The van der Waals surface area contributed by atoms with E-state index in [0.29, 0.717) is 16.9 Å². The smallest absolute Gasteiger partial charge is 0.404 e. The van der Waals surface area contributed by atoms with Gasteiger partial charge in [0.05, 0.1) is 24.6 Å². The van der Waals surface area contributed by atoms with Crippen LogP contribution in [0.25, 0.3) is 5.69 Å². The largest absolute Gasteiger partial charge is 0.465 e. The van der Waals surface area contributed by atoms with E-state index in [1.807, 2.05) is 0 Å². The molecule has 20 heavy (non-hydrogen) atoms. The van der Waals surface area contributed by atoms with E-state index in [9.17, 15) is 9.59 Å². The van der Waals surface area contributed by atoms with Gasteiger partial charge in [-0.2, -0.15) is 0 Å². The van der Waals surface area contributed by atoms with Crippen molar-refractivity contribution in [3.05, 3.63) is 41.7 Å². The zero-order valence-electron chi connectivity index (χ0n) is 10.6. The molecule has 0 fully saturated rings. The molecule has 0 saturated carbocycles. The van der Waals surface area contributed by atoms with Crippen molar-refractivity contribution < 1.29 is 19.1 Å². The van der Waals surface area contributed by atoms with Crippen LogP contribution >= 0.6 is 0 Å². The third kappa shape index (κ3) is 3.10. The number of benzene rings is 1. The SMILES string of the molecule is COC(=O)c1ccc(-n2cc(COC(N)=O)nn2)cc1. The van der Waals surface area contributed by atoms with Crippen LogP contribution in [0.5, 0.6) is 0 Å². The zero-order valence-corrected chi connectivity index (χ0v) is 10.6. The third-order valence-corrected chi connectivity index (χ3v) is 2.46. The summed E-state index contributed by atoms with van der Waals surface area (Å²) in [5, 5.41) is 7.70. The van der Waals surface area contributed by atoms with E-state index in [0.717, 1.165) is 0 Å². The fraction of sp³-hybridized carbons (Fsp3) is 0.167. The highest BCUT2D eigenvalue weighted by molar-refractivity contribution is 5.89. The monoisotopic (exact) mass is 276 g/mol. The summed E-state index contributed by atoms with van der Waals surface area (Å²) < 4.78 is 10.7. The fourth-order valence-corrected chi connectivity index (χ4v) is 1.50. The van der Waals surface area contributed by atoms with Crippen LogP contribution in [0.2, 0.25) is 0 Å². The Morgan fingerprint density at radius 2 is 2.00 bits per heavy atom. The number of aromatic nitrogens is 3. The highest BCUT2D eigenvalue weighted by atomic mass is 16.5. The maximum atomic E-state index is 11.3. The Morgan fingerprint density at radius 3 is 2.60 bits per heavy atom. The molecule has 2 rings (SSSR count). The Morgan fingerprint density at radius 1 is 1.30 bits per heavy atom. The Labute approximate surface area is 114 Å². The standard InChI is InChI=1S/C12H12N4O4/c1-19-11(17)8-2-4-10(5-3-8)16-6-9(14-15-16)7-20-12(13)18/h2-6H,7H2,1H3,(H2,13,18). The van der Waals surface area contributed by atoms with Crippen molar-refractivity contribution >= 4 is 12.1 Å². The van der Waals surface area contributed by atoms with Gasteiger partial charge in [-0.25, -0.2) is 14.3 Å². The average Bonchev–Trinajstić information content (AvgIpc) is 2.93. The van der Waals surface area contributed by atoms with Crippen LogP contribution in [0.1, 0.15) is 16.1 Å². The molecular formula is C12H12N4O4. The molecule has 0 radical (unpaired) electrons. The van der Waals surface area contributed by atoms with E-state index in [4.69, 9.17) is 5.73 Å². The lowest BCUT2D eigenvalue weighted by atomic mass is 10.2. The normalized spacial score (nSPS) is 10.1. The Hall–Kier alpha value is -2.90. The summed E-state index contributed by atoms with van der Waals surface area (Å²) >= 11 is 0. The molecule has 1 aromatic carbocycles. The van der Waals surface area contributed by atoms with Gasteiger partial charge < -0.3 is 15.2 Å². The molecule has 104 valence electrons. The summed E-state index contributed by atoms with van der Waals surface area (Å²) in [4.78, 5) is 21.8. The molecule has 8 nitrogen and oxygen atoms in total. The second-order valence-corrected chi connectivity index (χ2v) is 3.80. The van der Waals surface area contributed by atoms with Crippen LogP contribution < -0.4 is 5.73 Å².